The van der Waals surface area contributed by atoms with Gasteiger partial charge in [0.05, 0.1) is 7.05 Å². The van der Waals surface area contributed by atoms with Gasteiger partial charge in [-0.2, -0.15) is 0 Å². The lowest BCUT2D eigenvalue weighted by molar-refractivity contribution is -0.398. The van der Waals surface area contributed by atoms with Crippen LogP contribution in [0.15, 0.2) is 72.6 Å². The normalized spacial score (nSPS) is 13.4. The Bertz CT molecular complexity index is 753. The van der Waals surface area contributed by atoms with Crippen LogP contribution in [0.4, 0.5) is 0 Å². The molecule has 0 unspecified atom stereocenters. The molecule has 4 nitrogen and oxygen atoms in total. The number of nitrogens with zero attached hydrogens (tertiary/aromatic N) is 1. The van der Waals surface area contributed by atoms with Crippen LogP contribution in [0.25, 0.3) is 5.70 Å². The lowest BCUT2D eigenvalue weighted by Gasteiger charge is -2.11. The van der Waals surface area contributed by atoms with E-state index in [0.29, 0.717) is 11.4 Å². The van der Waals surface area contributed by atoms with E-state index in [1.54, 1.807) is 6.08 Å². The van der Waals surface area contributed by atoms with E-state index >= 15 is 0 Å². The molecular weight excluding hydrogens is 322 g/mol. The van der Waals surface area contributed by atoms with Crippen LogP contribution in [0, 0.1) is 0 Å². The molecule has 1 rings (SSSR count). The molecule has 0 aliphatic rings. The van der Waals surface area contributed by atoms with E-state index in [1.165, 1.54) is 0 Å². The average Bonchev–Trinajstić information content (AvgIpc) is 2.62. The van der Waals surface area contributed by atoms with Crippen LogP contribution in [-0.2, 0) is 4.79 Å². The third-order valence-electron chi connectivity index (χ3n) is 3.84. The number of hydrogen-bond donors (Lipinski definition) is 2. The van der Waals surface area contributed by atoms with E-state index in [4.69, 9.17) is 0 Å². The minimum atomic E-state index is -0.174. The maximum absolute atomic E-state index is 12.3. The van der Waals surface area contributed by atoms with Crippen LogP contribution in [-0.4, -0.2) is 23.4 Å². The van der Waals surface area contributed by atoms with Crippen LogP contribution < -0.4 is 10.6 Å². The van der Waals surface area contributed by atoms with Crippen molar-refractivity contribution in [2.45, 2.75) is 34.1 Å². The summed E-state index contributed by atoms with van der Waals surface area (Å²) in [6.07, 6.45) is 8.37. The fourth-order valence-electron chi connectivity index (χ4n) is 2.52. The van der Waals surface area contributed by atoms with Gasteiger partial charge in [-0.05, 0) is 32.9 Å². The molecule has 138 valence electrons. The Morgan fingerprint density at radius 1 is 1.19 bits per heavy atom. The van der Waals surface area contributed by atoms with Gasteiger partial charge in [-0.1, -0.05) is 55.5 Å². The van der Waals surface area contributed by atoms with Crippen molar-refractivity contribution in [1.29, 1.82) is 0 Å². The summed E-state index contributed by atoms with van der Waals surface area (Å²) in [5.41, 5.74) is 2.81. The lowest BCUT2D eigenvalue weighted by atomic mass is 10.1. The van der Waals surface area contributed by atoms with Gasteiger partial charge in [0.25, 0.3) is 11.7 Å². The van der Waals surface area contributed by atoms with Gasteiger partial charge in [0, 0.05) is 18.1 Å². The van der Waals surface area contributed by atoms with E-state index in [1.807, 2.05) is 69.7 Å². The largest absolute Gasteiger partial charge is 0.289 e. The summed E-state index contributed by atoms with van der Waals surface area (Å²) >= 11 is 0. The first kappa shape index (κ1) is 21.2. The third kappa shape index (κ3) is 6.20. The van der Waals surface area contributed by atoms with Gasteiger partial charge in [0.2, 0.25) is 0 Å². The summed E-state index contributed by atoms with van der Waals surface area (Å²) in [4.78, 5) is 12.3. The minimum absolute atomic E-state index is 0.174. The molecule has 0 radical (unpaired) electrons. The number of nitrogens with one attached hydrogen (secondary N) is 2. The molecule has 1 aromatic carbocycles. The van der Waals surface area contributed by atoms with E-state index in [0.717, 1.165) is 23.5 Å². The Kier molecular flexibility index (Phi) is 8.85. The van der Waals surface area contributed by atoms with Crippen molar-refractivity contribution in [3.8, 4) is 0 Å². The van der Waals surface area contributed by atoms with Crippen LogP contribution in [0.1, 0.15) is 39.7 Å². The highest BCUT2D eigenvalue weighted by molar-refractivity contribution is 5.97. The maximum Gasteiger partial charge on any atom is 0.257 e. The van der Waals surface area contributed by atoms with Gasteiger partial charge < -0.3 is 0 Å². The predicted molar refractivity (Wildman–Crippen MR) is 111 cm³/mol. The van der Waals surface area contributed by atoms with Gasteiger partial charge in [0.1, 0.15) is 5.70 Å². The fourth-order valence-corrected chi connectivity index (χ4v) is 2.52. The minimum Gasteiger partial charge on any atom is -0.289 e. The number of amidine groups is 1. The molecule has 0 bridgehead atoms. The van der Waals surface area contributed by atoms with Gasteiger partial charge in [0.15, 0.2) is 5.82 Å². The quantitative estimate of drug-likeness (QED) is 0.254. The van der Waals surface area contributed by atoms with Crippen LogP contribution >= 0.6 is 0 Å². The van der Waals surface area contributed by atoms with Gasteiger partial charge in [-0.25, -0.2) is 9.89 Å². The van der Waals surface area contributed by atoms with Gasteiger partial charge in [-0.15, -0.1) is 0 Å². The topological polar surface area (TPSA) is 44.1 Å². The van der Waals surface area contributed by atoms with Crippen molar-refractivity contribution >= 4 is 17.4 Å². The molecule has 0 spiro atoms. The molecule has 1 amide bonds. The van der Waals surface area contributed by atoms with Crippen molar-refractivity contribution < 1.29 is 9.37 Å². The number of carbonyl (C=O) groups excluding carboxylic acids is 1. The van der Waals surface area contributed by atoms with E-state index in [-0.39, 0.29) is 5.91 Å². The van der Waals surface area contributed by atoms with Crippen molar-refractivity contribution in [3.05, 3.63) is 78.2 Å². The fraction of sp³-hybridized carbons (Fsp3) is 0.273. The summed E-state index contributed by atoms with van der Waals surface area (Å²) in [5.74, 6) is 1.13. The standard InChI is InChI=1S/C22H29N3O/c1-7-13-20(14-8-2)22(26)24-17(4)23-18(5)25(6)21(9-3)19-15-11-10-12-16-19/h7,9-16H,4,8H2,1-3,5-6H3,(H,24,26)/p+1. The molecule has 0 fully saturated rings. The predicted octanol–water partition coefficient (Wildman–Crippen LogP) is 4.20. The second kappa shape index (κ2) is 10.9. The Morgan fingerprint density at radius 2 is 1.85 bits per heavy atom. The van der Waals surface area contributed by atoms with Gasteiger partial charge >= 0.3 is 0 Å². The van der Waals surface area contributed by atoms with Crippen molar-refractivity contribution in [1.82, 2.24) is 10.6 Å². The first-order chi connectivity index (χ1) is 12.4. The Labute approximate surface area is 157 Å². The lowest BCUT2D eigenvalue weighted by Crippen LogP contribution is -2.37. The highest BCUT2D eigenvalue weighted by Gasteiger charge is 2.14. The number of allylic oxidation sites excluding steroid dienone is 3. The highest BCUT2D eigenvalue weighted by atomic mass is 16.1. The number of amides is 1. The first-order valence-corrected chi connectivity index (χ1v) is 8.83. The molecule has 0 atom stereocenters. The maximum atomic E-state index is 12.3. The number of hydrogen-bond acceptors (Lipinski definition) is 1. The monoisotopic (exact) mass is 352 g/mol. The second-order valence-electron chi connectivity index (χ2n) is 5.81. The van der Waals surface area contributed by atoms with E-state index < -0.39 is 0 Å². The Hall–Kier alpha value is -2.88. The molecule has 0 aliphatic heterocycles. The molecule has 2 N–H and O–H groups in total. The van der Waals surface area contributed by atoms with Crippen molar-refractivity contribution in [2.24, 2.45) is 0 Å². The SMILES string of the molecule is C=C(NC(=O)C(C=CC)=CCC)NC(C)=[N+](C)C(=CC)c1ccccc1. The molecule has 0 saturated heterocycles. The summed E-state index contributed by atoms with van der Waals surface area (Å²) in [5, 5.41) is 5.96. The van der Waals surface area contributed by atoms with Crippen molar-refractivity contribution in [2.75, 3.05) is 7.05 Å². The van der Waals surface area contributed by atoms with E-state index in [9.17, 15) is 4.79 Å². The molecular formula is C22H30N3O+. The molecule has 26 heavy (non-hydrogen) atoms. The van der Waals surface area contributed by atoms with Crippen LogP contribution in [0.5, 0.6) is 0 Å². The first-order valence-electron chi connectivity index (χ1n) is 8.83. The van der Waals surface area contributed by atoms with Crippen LogP contribution in [0.3, 0.4) is 0 Å². The number of rotatable bonds is 7. The molecule has 0 aromatic heterocycles. The zero-order valence-corrected chi connectivity index (χ0v) is 16.5. The summed E-state index contributed by atoms with van der Waals surface area (Å²) in [7, 11) is 1.97. The third-order valence-corrected chi connectivity index (χ3v) is 3.84. The zero-order chi connectivity index (χ0) is 19.5. The molecule has 4 heteroatoms. The summed E-state index contributed by atoms with van der Waals surface area (Å²) in [6, 6.07) is 10.1. The Balaban J connectivity index is 2.89. The smallest absolute Gasteiger partial charge is 0.257 e. The number of benzene rings is 1. The van der Waals surface area contributed by atoms with Gasteiger partial charge in [-0.3, -0.25) is 10.1 Å². The Morgan fingerprint density at radius 3 is 2.38 bits per heavy atom. The number of carbonyl (C=O) groups is 1. The molecule has 0 saturated carbocycles. The molecule has 1 aromatic rings. The van der Waals surface area contributed by atoms with Crippen molar-refractivity contribution in [3.63, 3.8) is 0 Å². The summed E-state index contributed by atoms with van der Waals surface area (Å²) in [6.45, 7) is 11.7. The second-order valence-corrected chi connectivity index (χ2v) is 5.81. The highest BCUT2D eigenvalue weighted by Crippen LogP contribution is 2.14. The zero-order valence-electron chi connectivity index (χ0n) is 16.5. The average molecular weight is 353 g/mol. The van der Waals surface area contributed by atoms with Crippen LogP contribution in [0.2, 0.25) is 0 Å². The summed E-state index contributed by atoms with van der Waals surface area (Å²) < 4.78 is 2.03. The van der Waals surface area contributed by atoms with E-state index in [2.05, 4.69) is 35.4 Å². The molecule has 0 heterocycles. The molecule has 0 aliphatic carbocycles.